The van der Waals surface area contributed by atoms with E-state index in [9.17, 15) is 8.78 Å². The van der Waals surface area contributed by atoms with Gasteiger partial charge in [-0.2, -0.15) is 8.78 Å². The summed E-state index contributed by atoms with van der Waals surface area (Å²) in [4.78, 5) is 0. The molecule has 0 radical (unpaired) electrons. The average Bonchev–Trinajstić information content (AvgIpc) is 2.34. The van der Waals surface area contributed by atoms with Gasteiger partial charge in [0.2, 0.25) is 0 Å². The number of hydrogen-bond donors (Lipinski definition) is 1. The molecule has 0 saturated heterocycles. The molecule has 3 nitrogen and oxygen atoms in total. The van der Waals surface area contributed by atoms with Crippen molar-refractivity contribution in [2.24, 2.45) is 5.92 Å². The van der Waals surface area contributed by atoms with Gasteiger partial charge in [0.15, 0.2) is 11.5 Å². The highest BCUT2D eigenvalue weighted by molar-refractivity contribution is 5.42. The van der Waals surface area contributed by atoms with Gasteiger partial charge in [0.1, 0.15) is 0 Å². The molecule has 1 N–H and O–H groups in total. The number of alkyl halides is 2. The van der Waals surface area contributed by atoms with Crippen molar-refractivity contribution in [3.8, 4) is 11.5 Å². The Balaban J connectivity index is 2.59. The third kappa shape index (κ3) is 5.87. The Morgan fingerprint density at radius 2 is 1.95 bits per heavy atom. The first-order valence-electron chi connectivity index (χ1n) is 6.35. The van der Waals surface area contributed by atoms with Gasteiger partial charge in [-0.25, -0.2) is 0 Å². The SMILES string of the molecule is COc1ccc(CNCCC(C)C)cc1OC(F)F. The molecule has 0 aliphatic carbocycles. The van der Waals surface area contributed by atoms with Gasteiger partial charge in [-0.15, -0.1) is 0 Å². The van der Waals surface area contributed by atoms with Crippen molar-refractivity contribution in [3.05, 3.63) is 23.8 Å². The number of benzene rings is 1. The van der Waals surface area contributed by atoms with Crippen LogP contribution in [-0.4, -0.2) is 20.3 Å². The molecule has 1 aromatic rings. The standard InChI is InChI=1S/C14H21F2NO2/c1-10(2)6-7-17-9-11-4-5-12(18-3)13(8-11)19-14(15)16/h4-5,8,10,14,17H,6-7,9H2,1-3H3. The highest BCUT2D eigenvalue weighted by Gasteiger charge is 2.11. The molecular weight excluding hydrogens is 252 g/mol. The van der Waals surface area contributed by atoms with E-state index in [-0.39, 0.29) is 5.75 Å². The van der Waals surface area contributed by atoms with Gasteiger partial charge < -0.3 is 14.8 Å². The predicted octanol–water partition coefficient (Wildman–Crippen LogP) is 3.43. The van der Waals surface area contributed by atoms with Gasteiger partial charge in [-0.3, -0.25) is 0 Å². The van der Waals surface area contributed by atoms with Crippen LogP contribution in [0.2, 0.25) is 0 Å². The van der Waals surface area contributed by atoms with E-state index in [2.05, 4.69) is 23.9 Å². The zero-order chi connectivity index (χ0) is 14.3. The first-order valence-corrected chi connectivity index (χ1v) is 6.35. The highest BCUT2D eigenvalue weighted by Crippen LogP contribution is 2.29. The lowest BCUT2D eigenvalue weighted by molar-refractivity contribution is -0.0512. The fraction of sp³-hybridized carbons (Fsp3) is 0.571. The van der Waals surface area contributed by atoms with Crippen molar-refractivity contribution in [1.82, 2.24) is 5.32 Å². The first kappa shape index (κ1) is 15.7. The number of halogens is 2. The van der Waals surface area contributed by atoms with E-state index in [0.29, 0.717) is 18.2 Å². The second-order valence-corrected chi connectivity index (χ2v) is 4.72. The highest BCUT2D eigenvalue weighted by atomic mass is 19.3. The molecule has 0 fully saturated rings. The molecule has 0 heterocycles. The first-order chi connectivity index (χ1) is 9.02. The second-order valence-electron chi connectivity index (χ2n) is 4.72. The van der Waals surface area contributed by atoms with Crippen molar-refractivity contribution in [3.63, 3.8) is 0 Å². The summed E-state index contributed by atoms with van der Waals surface area (Å²) < 4.78 is 34.0. The number of hydrogen-bond acceptors (Lipinski definition) is 3. The minimum absolute atomic E-state index is 0.0701. The molecule has 0 spiro atoms. The summed E-state index contributed by atoms with van der Waals surface area (Å²) in [6, 6.07) is 5.05. The van der Waals surface area contributed by atoms with Gasteiger partial charge in [0.25, 0.3) is 0 Å². The van der Waals surface area contributed by atoms with E-state index < -0.39 is 6.61 Å². The topological polar surface area (TPSA) is 30.5 Å². The molecule has 0 aromatic heterocycles. The molecule has 0 saturated carbocycles. The molecule has 19 heavy (non-hydrogen) atoms. The average molecular weight is 273 g/mol. The molecule has 0 aliphatic heterocycles. The summed E-state index contributed by atoms with van der Waals surface area (Å²) in [6.07, 6.45) is 1.08. The Morgan fingerprint density at radius 1 is 1.21 bits per heavy atom. The lowest BCUT2D eigenvalue weighted by Crippen LogP contribution is -2.16. The number of rotatable bonds is 8. The monoisotopic (exact) mass is 273 g/mol. The zero-order valence-corrected chi connectivity index (χ0v) is 11.6. The molecular formula is C14H21F2NO2. The summed E-state index contributed by atoms with van der Waals surface area (Å²) in [5.74, 6) is 1.02. The van der Waals surface area contributed by atoms with Crippen molar-refractivity contribution >= 4 is 0 Å². The van der Waals surface area contributed by atoms with E-state index in [0.717, 1.165) is 18.5 Å². The van der Waals surface area contributed by atoms with Crippen LogP contribution in [-0.2, 0) is 6.54 Å². The van der Waals surface area contributed by atoms with E-state index in [4.69, 9.17) is 4.74 Å². The van der Waals surface area contributed by atoms with Crippen molar-refractivity contribution in [2.45, 2.75) is 33.4 Å². The molecule has 0 atom stereocenters. The minimum Gasteiger partial charge on any atom is -0.493 e. The van der Waals surface area contributed by atoms with Crippen LogP contribution < -0.4 is 14.8 Å². The maximum atomic E-state index is 12.3. The normalized spacial score (nSPS) is 11.1. The number of methoxy groups -OCH3 is 1. The molecule has 0 amide bonds. The summed E-state index contributed by atoms with van der Waals surface area (Å²) in [5, 5.41) is 3.27. The van der Waals surface area contributed by atoms with Crippen LogP contribution >= 0.6 is 0 Å². The van der Waals surface area contributed by atoms with Crippen molar-refractivity contribution in [1.29, 1.82) is 0 Å². The van der Waals surface area contributed by atoms with Gasteiger partial charge >= 0.3 is 6.61 Å². The molecule has 0 unspecified atom stereocenters. The summed E-state index contributed by atoms with van der Waals surface area (Å²) in [6.45, 7) is 2.98. The van der Waals surface area contributed by atoms with Crippen LogP contribution in [0.15, 0.2) is 18.2 Å². The Morgan fingerprint density at radius 3 is 2.53 bits per heavy atom. The van der Waals surface area contributed by atoms with E-state index in [1.165, 1.54) is 7.11 Å². The predicted molar refractivity (Wildman–Crippen MR) is 70.8 cm³/mol. The number of ether oxygens (including phenoxy) is 2. The van der Waals surface area contributed by atoms with Gasteiger partial charge in [0, 0.05) is 6.54 Å². The van der Waals surface area contributed by atoms with Crippen LogP contribution in [0.4, 0.5) is 8.78 Å². The van der Waals surface area contributed by atoms with Gasteiger partial charge in [-0.05, 0) is 36.6 Å². The van der Waals surface area contributed by atoms with E-state index in [1.54, 1.807) is 12.1 Å². The lowest BCUT2D eigenvalue weighted by atomic mass is 10.1. The van der Waals surface area contributed by atoms with Gasteiger partial charge in [0.05, 0.1) is 7.11 Å². The molecule has 1 rings (SSSR count). The zero-order valence-electron chi connectivity index (χ0n) is 11.6. The smallest absolute Gasteiger partial charge is 0.387 e. The third-order valence-corrected chi connectivity index (χ3v) is 2.67. The summed E-state index contributed by atoms with van der Waals surface area (Å²) in [5.41, 5.74) is 0.889. The molecule has 5 heteroatoms. The largest absolute Gasteiger partial charge is 0.493 e. The Bertz CT molecular complexity index is 384. The quantitative estimate of drug-likeness (QED) is 0.736. The van der Waals surface area contributed by atoms with Crippen LogP contribution in [0, 0.1) is 5.92 Å². The molecule has 1 aromatic carbocycles. The van der Waals surface area contributed by atoms with Gasteiger partial charge in [-0.1, -0.05) is 19.9 Å². The second kappa shape index (κ2) is 7.94. The summed E-state index contributed by atoms with van der Waals surface area (Å²) in [7, 11) is 1.42. The Hall–Kier alpha value is -1.36. The molecule has 108 valence electrons. The fourth-order valence-electron chi connectivity index (χ4n) is 1.64. The van der Waals surface area contributed by atoms with Crippen molar-refractivity contribution in [2.75, 3.05) is 13.7 Å². The maximum absolute atomic E-state index is 12.3. The third-order valence-electron chi connectivity index (χ3n) is 2.67. The van der Waals surface area contributed by atoms with Crippen LogP contribution in [0.25, 0.3) is 0 Å². The fourth-order valence-corrected chi connectivity index (χ4v) is 1.64. The minimum atomic E-state index is -2.85. The molecule has 0 bridgehead atoms. The Kier molecular flexibility index (Phi) is 6.56. The van der Waals surface area contributed by atoms with Crippen LogP contribution in [0.3, 0.4) is 0 Å². The number of nitrogens with one attached hydrogen (secondary N) is 1. The summed E-state index contributed by atoms with van der Waals surface area (Å²) >= 11 is 0. The lowest BCUT2D eigenvalue weighted by Gasteiger charge is -2.12. The van der Waals surface area contributed by atoms with E-state index in [1.807, 2.05) is 6.07 Å². The van der Waals surface area contributed by atoms with E-state index >= 15 is 0 Å². The molecule has 0 aliphatic rings. The van der Waals surface area contributed by atoms with Crippen LogP contribution in [0.1, 0.15) is 25.8 Å². The van der Waals surface area contributed by atoms with Crippen LogP contribution in [0.5, 0.6) is 11.5 Å². The Labute approximate surface area is 112 Å². The van der Waals surface area contributed by atoms with Crippen molar-refractivity contribution < 1.29 is 18.3 Å². The maximum Gasteiger partial charge on any atom is 0.387 e.